The van der Waals surface area contributed by atoms with Gasteiger partial charge in [0.05, 0.1) is 6.21 Å². The summed E-state index contributed by atoms with van der Waals surface area (Å²) in [6.07, 6.45) is 3.02. The molecule has 118 valence electrons. The number of hydrazone groups is 1. The lowest BCUT2D eigenvalue weighted by atomic mass is 10.2. The number of hydrogen-bond donors (Lipinski definition) is 2. The summed E-state index contributed by atoms with van der Waals surface area (Å²) in [5, 5.41) is 13.5. The molecule has 0 heterocycles. The summed E-state index contributed by atoms with van der Waals surface area (Å²) >= 11 is 3.30. The Kier molecular flexibility index (Phi) is 5.94. The highest BCUT2D eigenvalue weighted by Gasteiger charge is 2.04. The van der Waals surface area contributed by atoms with E-state index in [0.29, 0.717) is 23.5 Å². The highest BCUT2D eigenvalue weighted by Crippen LogP contribution is 2.20. The van der Waals surface area contributed by atoms with Gasteiger partial charge in [0.25, 0.3) is 5.91 Å². The van der Waals surface area contributed by atoms with Crippen LogP contribution in [-0.4, -0.2) is 23.8 Å². The number of phenolic OH excluding ortho intramolecular Hbond substituents is 1. The number of benzene rings is 2. The van der Waals surface area contributed by atoms with Crippen LogP contribution in [0.2, 0.25) is 0 Å². The first-order valence-corrected chi connectivity index (χ1v) is 7.55. The maximum absolute atomic E-state index is 12.0. The quantitative estimate of drug-likeness (QED) is 0.461. The van der Waals surface area contributed by atoms with Gasteiger partial charge < -0.3 is 9.84 Å². The Morgan fingerprint density at radius 1 is 1.30 bits per heavy atom. The maximum atomic E-state index is 12.0. The average Bonchev–Trinajstić information content (AvgIpc) is 2.56. The van der Waals surface area contributed by atoms with E-state index in [9.17, 15) is 9.90 Å². The predicted molar refractivity (Wildman–Crippen MR) is 93.0 cm³/mol. The molecule has 2 aromatic rings. The summed E-state index contributed by atoms with van der Waals surface area (Å²) < 4.78 is 6.15. The molecule has 0 saturated heterocycles. The second kappa shape index (κ2) is 8.14. The summed E-state index contributed by atoms with van der Waals surface area (Å²) in [5.41, 5.74) is 3.35. The van der Waals surface area contributed by atoms with Crippen LogP contribution in [0.4, 0.5) is 0 Å². The third kappa shape index (κ3) is 4.96. The molecule has 0 unspecified atom stereocenters. The van der Waals surface area contributed by atoms with E-state index in [1.54, 1.807) is 42.5 Å². The van der Waals surface area contributed by atoms with Crippen molar-refractivity contribution in [1.82, 2.24) is 5.43 Å². The third-order valence-corrected chi connectivity index (χ3v) is 3.34. The van der Waals surface area contributed by atoms with Crippen molar-refractivity contribution in [3.8, 4) is 11.5 Å². The second-order valence-corrected chi connectivity index (χ2v) is 5.44. The van der Waals surface area contributed by atoms with Crippen LogP contribution < -0.4 is 10.2 Å². The summed E-state index contributed by atoms with van der Waals surface area (Å²) in [6, 6.07) is 11.6. The predicted octanol–water partition coefficient (Wildman–Crippen LogP) is 3.48. The van der Waals surface area contributed by atoms with Crippen LogP contribution in [0, 0.1) is 0 Å². The van der Waals surface area contributed by atoms with E-state index >= 15 is 0 Å². The van der Waals surface area contributed by atoms with Crippen molar-refractivity contribution in [2.45, 2.75) is 0 Å². The van der Waals surface area contributed by atoms with Gasteiger partial charge in [-0.1, -0.05) is 28.6 Å². The summed E-state index contributed by atoms with van der Waals surface area (Å²) in [6.45, 7) is 3.97. The Hall–Kier alpha value is -2.60. The van der Waals surface area contributed by atoms with Gasteiger partial charge in [0.1, 0.15) is 18.1 Å². The minimum atomic E-state index is -0.356. The van der Waals surface area contributed by atoms with Crippen LogP contribution in [0.5, 0.6) is 11.5 Å². The van der Waals surface area contributed by atoms with Gasteiger partial charge in [-0.3, -0.25) is 4.79 Å². The number of halogens is 1. The van der Waals surface area contributed by atoms with Crippen molar-refractivity contribution in [2.75, 3.05) is 6.61 Å². The number of carbonyl (C=O) groups excluding carboxylic acids is 1. The van der Waals surface area contributed by atoms with Crippen LogP contribution in [0.25, 0.3) is 0 Å². The molecule has 6 heteroatoms. The Morgan fingerprint density at radius 2 is 2.04 bits per heavy atom. The van der Waals surface area contributed by atoms with Crippen LogP contribution in [0.15, 0.2) is 64.7 Å². The first-order valence-electron chi connectivity index (χ1n) is 6.76. The smallest absolute Gasteiger partial charge is 0.271 e. The number of carbonyl (C=O) groups is 1. The molecule has 5 nitrogen and oxygen atoms in total. The summed E-state index contributed by atoms with van der Waals surface area (Å²) in [5.74, 6) is 0.380. The van der Waals surface area contributed by atoms with Gasteiger partial charge in [-0.15, -0.1) is 0 Å². The number of ether oxygens (including phenoxy) is 1. The first-order chi connectivity index (χ1) is 11.1. The fourth-order valence-electron chi connectivity index (χ4n) is 1.71. The zero-order valence-electron chi connectivity index (χ0n) is 12.2. The summed E-state index contributed by atoms with van der Waals surface area (Å²) in [4.78, 5) is 12.0. The zero-order valence-corrected chi connectivity index (χ0v) is 13.8. The Bertz CT molecular complexity index is 727. The average molecular weight is 375 g/mol. The molecule has 0 fully saturated rings. The largest absolute Gasteiger partial charge is 0.507 e. The van der Waals surface area contributed by atoms with Crippen LogP contribution in [0.1, 0.15) is 15.9 Å². The van der Waals surface area contributed by atoms with Crippen molar-refractivity contribution in [1.29, 1.82) is 0 Å². The molecule has 2 aromatic carbocycles. The molecule has 0 aliphatic rings. The molecule has 2 N–H and O–H groups in total. The molecule has 23 heavy (non-hydrogen) atoms. The number of aromatic hydroxyl groups is 1. The monoisotopic (exact) mass is 374 g/mol. The molecular formula is C17H15BrN2O3. The van der Waals surface area contributed by atoms with Crippen molar-refractivity contribution in [2.24, 2.45) is 5.10 Å². The first kappa shape index (κ1) is 16.8. The Labute approximate surface area is 142 Å². The van der Waals surface area contributed by atoms with E-state index in [1.165, 1.54) is 12.3 Å². The lowest BCUT2D eigenvalue weighted by molar-refractivity contribution is 0.0955. The van der Waals surface area contributed by atoms with Crippen molar-refractivity contribution >= 4 is 28.1 Å². The molecule has 2 rings (SSSR count). The topological polar surface area (TPSA) is 70.9 Å². The number of nitrogens with one attached hydrogen (secondary N) is 1. The number of hydrogen-bond acceptors (Lipinski definition) is 4. The normalized spacial score (nSPS) is 10.5. The zero-order chi connectivity index (χ0) is 16.7. The van der Waals surface area contributed by atoms with Crippen LogP contribution in [-0.2, 0) is 0 Å². The molecule has 0 aliphatic heterocycles. The van der Waals surface area contributed by atoms with E-state index in [4.69, 9.17) is 4.74 Å². The van der Waals surface area contributed by atoms with Gasteiger partial charge in [0.15, 0.2) is 0 Å². The highest BCUT2D eigenvalue weighted by molar-refractivity contribution is 9.10. The van der Waals surface area contributed by atoms with E-state index < -0.39 is 0 Å². The molecule has 0 bridgehead atoms. The standard InChI is InChI=1S/C17H15BrN2O3/c1-2-9-23-15-6-3-12(4-7-15)17(22)20-19-11-13-10-14(18)5-8-16(13)21/h2-8,10-11,21H,1,9H2,(H,20,22). The second-order valence-electron chi connectivity index (χ2n) is 4.53. The van der Waals surface area contributed by atoms with Gasteiger partial charge in [-0.2, -0.15) is 5.10 Å². The van der Waals surface area contributed by atoms with Gasteiger partial charge >= 0.3 is 0 Å². The SMILES string of the molecule is C=CCOc1ccc(C(=O)NN=Cc2cc(Br)ccc2O)cc1. The molecule has 1 amide bonds. The Balaban J connectivity index is 1.97. The van der Waals surface area contributed by atoms with Gasteiger partial charge in [-0.05, 0) is 42.5 Å². The van der Waals surface area contributed by atoms with E-state index in [-0.39, 0.29) is 11.7 Å². The molecule has 0 spiro atoms. The van der Waals surface area contributed by atoms with Gasteiger partial charge in [-0.25, -0.2) is 5.43 Å². The van der Waals surface area contributed by atoms with Gasteiger partial charge in [0.2, 0.25) is 0 Å². The van der Waals surface area contributed by atoms with Crippen LogP contribution in [0.3, 0.4) is 0 Å². The molecule has 0 radical (unpaired) electrons. The Morgan fingerprint density at radius 3 is 2.74 bits per heavy atom. The fourth-order valence-corrected chi connectivity index (χ4v) is 2.09. The molecular weight excluding hydrogens is 360 g/mol. The molecule has 0 saturated carbocycles. The minimum absolute atomic E-state index is 0.0786. The van der Waals surface area contributed by atoms with Gasteiger partial charge in [0, 0.05) is 15.6 Å². The maximum Gasteiger partial charge on any atom is 0.271 e. The lowest BCUT2D eigenvalue weighted by Crippen LogP contribution is -2.17. The number of amides is 1. The summed E-state index contributed by atoms with van der Waals surface area (Å²) in [7, 11) is 0. The van der Waals surface area contributed by atoms with Crippen molar-refractivity contribution < 1.29 is 14.6 Å². The molecule has 0 aliphatic carbocycles. The molecule has 0 aromatic heterocycles. The molecule has 0 atom stereocenters. The van der Waals surface area contributed by atoms with Crippen molar-refractivity contribution in [3.63, 3.8) is 0 Å². The van der Waals surface area contributed by atoms with E-state index in [2.05, 4.69) is 33.0 Å². The minimum Gasteiger partial charge on any atom is -0.507 e. The van der Waals surface area contributed by atoms with E-state index in [1.807, 2.05) is 0 Å². The number of rotatable bonds is 6. The lowest BCUT2D eigenvalue weighted by Gasteiger charge is -2.04. The van der Waals surface area contributed by atoms with Crippen LogP contribution >= 0.6 is 15.9 Å². The number of phenols is 1. The fraction of sp³-hybridized carbons (Fsp3) is 0.0588. The van der Waals surface area contributed by atoms with Crippen molar-refractivity contribution in [3.05, 3.63) is 70.7 Å². The highest BCUT2D eigenvalue weighted by atomic mass is 79.9. The number of nitrogens with zero attached hydrogens (tertiary/aromatic N) is 1. The van der Waals surface area contributed by atoms with E-state index in [0.717, 1.165) is 4.47 Å². The third-order valence-electron chi connectivity index (χ3n) is 2.84.